The van der Waals surface area contributed by atoms with E-state index < -0.39 is 29.7 Å². The number of imidazole rings is 1. The van der Waals surface area contributed by atoms with E-state index in [9.17, 15) is 19.5 Å². The second-order valence-electron chi connectivity index (χ2n) is 11.6. The van der Waals surface area contributed by atoms with Crippen molar-refractivity contribution in [1.82, 2.24) is 14.9 Å². The van der Waals surface area contributed by atoms with Crippen LogP contribution in [0.25, 0.3) is 16.6 Å². The number of esters is 2. The molecule has 0 saturated carbocycles. The number of hydrogen-bond donors (Lipinski definition) is 2. The first kappa shape index (κ1) is 34.7. The van der Waals surface area contributed by atoms with Crippen LogP contribution in [0.3, 0.4) is 0 Å². The summed E-state index contributed by atoms with van der Waals surface area (Å²) < 4.78 is 23.2. The molecule has 0 radical (unpaired) electrons. The van der Waals surface area contributed by atoms with E-state index >= 15 is 0 Å². The quantitative estimate of drug-likeness (QED) is 0.177. The zero-order valence-corrected chi connectivity index (χ0v) is 27.8. The third-order valence-corrected chi connectivity index (χ3v) is 7.26. The van der Waals surface area contributed by atoms with E-state index in [-0.39, 0.29) is 36.9 Å². The highest BCUT2D eigenvalue weighted by Gasteiger charge is 2.34. The third kappa shape index (κ3) is 8.17. The maximum Gasteiger partial charge on any atom is 0.420 e. The molecule has 2 heterocycles. The maximum absolute atomic E-state index is 13.9. The molecule has 0 bridgehead atoms. The van der Waals surface area contributed by atoms with Gasteiger partial charge in [0.2, 0.25) is 0 Å². The first-order valence-corrected chi connectivity index (χ1v) is 15.6. The van der Waals surface area contributed by atoms with Gasteiger partial charge in [-0.3, -0.25) is 0 Å². The van der Waals surface area contributed by atoms with Crippen molar-refractivity contribution in [2.24, 2.45) is 0 Å². The molecule has 2 N–H and O–H groups in total. The summed E-state index contributed by atoms with van der Waals surface area (Å²) in [6.45, 7) is 12.4. The van der Waals surface area contributed by atoms with Crippen molar-refractivity contribution in [3.63, 3.8) is 0 Å². The molecule has 1 aliphatic heterocycles. The average Bonchev–Trinajstić information content (AvgIpc) is 3.38. The number of hydrogen-bond acceptors (Lipinski definition) is 11. The standard InChI is InChI=1S/C33H41ClN4O8/c1-7-44-30(40)26(28(31(41)45-8-2)35-19-25(39)21-10-9-11-22(34)17-21)29-36-27-20(3)16-23(37-12-14-43-15-13-37)18-24(27)38(29)32(42)46-33(4,5)6/h9-11,16-18,25,35,39H,7-8,12-15,19H2,1-6H3. The van der Waals surface area contributed by atoms with Crippen LogP contribution in [0.1, 0.15) is 57.7 Å². The highest BCUT2D eigenvalue weighted by atomic mass is 35.5. The minimum Gasteiger partial charge on any atom is -0.462 e. The summed E-state index contributed by atoms with van der Waals surface area (Å²) in [6.07, 6.45) is -1.94. The van der Waals surface area contributed by atoms with E-state index in [2.05, 4.69) is 10.2 Å². The predicted molar refractivity (Wildman–Crippen MR) is 174 cm³/mol. The summed E-state index contributed by atoms with van der Waals surface area (Å²) in [4.78, 5) is 48.1. The molecule has 4 rings (SSSR count). The molecule has 0 amide bonds. The second-order valence-corrected chi connectivity index (χ2v) is 12.1. The molecule has 248 valence electrons. The molecule has 0 aliphatic carbocycles. The zero-order chi connectivity index (χ0) is 33.6. The van der Waals surface area contributed by atoms with E-state index in [1.54, 1.807) is 65.0 Å². The van der Waals surface area contributed by atoms with Gasteiger partial charge in [0, 0.05) is 30.3 Å². The second kappa shape index (κ2) is 15.0. The molecule has 0 spiro atoms. The Hall–Kier alpha value is -4.13. The first-order valence-electron chi connectivity index (χ1n) is 15.2. The van der Waals surface area contributed by atoms with E-state index in [4.69, 9.17) is 35.5 Å². The number of halogens is 1. The summed E-state index contributed by atoms with van der Waals surface area (Å²) in [5, 5.41) is 14.3. The summed E-state index contributed by atoms with van der Waals surface area (Å²) in [6, 6.07) is 10.4. The Balaban J connectivity index is 1.97. The summed E-state index contributed by atoms with van der Waals surface area (Å²) in [5.41, 5.74) is 1.23. The number of morpholine rings is 1. The Bertz CT molecular complexity index is 1620. The molecule has 3 aromatic rings. The van der Waals surface area contributed by atoms with E-state index in [1.807, 2.05) is 13.0 Å². The van der Waals surface area contributed by atoms with Crippen molar-refractivity contribution in [1.29, 1.82) is 0 Å². The number of carbonyl (C=O) groups excluding carboxylic acids is 3. The van der Waals surface area contributed by atoms with Crippen molar-refractivity contribution in [2.75, 3.05) is 51.0 Å². The molecule has 13 heteroatoms. The Morgan fingerprint density at radius 3 is 2.37 bits per heavy atom. The van der Waals surface area contributed by atoms with Crippen molar-refractivity contribution >= 4 is 51.9 Å². The number of rotatable bonds is 10. The number of benzene rings is 2. The average molecular weight is 657 g/mol. The fourth-order valence-electron chi connectivity index (χ4n) is 5.00. The molecule has 1 fully saturated rings. The fourth-order valence-corrected chi connectivity index (χ4v) is 5.20. The minimum absolute atomic E-state index is 0.0124. The maximum atomic E-state index is 13.9. The van der Waals surface area contributed by atoms with Gasteiger partial charge in [0.05, 0.1) is 43.6 Å². The molecule has 12 nitrogen and oxygen atoms in total. The normalized spacial score (nSPS) is 14.8. The van der Waals surface area contributed by atoms with Crippen LogP contribution >= 0.6 is 11.6 Å². The lowest BCUT2D eigenvalue weighted by molar-refractivity contribution is -0.140. The van der Waals surface area contributed by atoms with E-state index in [1.165, 1.54) is 4.57 Å². The van der Waals surface area contributed by atoms with E-state index in [0.29, 0.717) is 47.9 Å². The molecular formula is C33H41ClN4O8. The Morgan fingerprint density at radius 1 is 1.07 bits per heavy atom. The molecule has 1 aromatic heterocycles. The van der Waals surface area contributed by atoms with Crippen LogP contribution in [0.4, 0.5) is 10.5 Å². The van der Waals surface area contributed by atoms with Gasteiger partial charge in [0.15, 0.2) is 5.82 Å². The number of nitrogens with one attached hydrogen (secondary N) is 1. The van der Waals surface area contributed by atoms with Crippen molar-refractivity contribution < 1.29 is 38.4 Å². The SMILES string of the molecule is CCOC(=O)C(NCC(O)c1cccc(Cl)c1)=C(C(=O)OCC)c1nc2c(C)cc(N3CCOCC3)cc2n1C(=O)OC(C)(C)C. The van der Waals surface area contributed by atoms with Gasteiger partial charge in [0.1, 0.15) is 16.9 Å². The van der Waals surface area contributed by atoms with Crippen LogP contribution < -0.4 is 10.2 Å². The van der Waals surface area contributed by atoms with Crippen molar-refractivity contribution in [3.05, 3.63) is 64.1 Å². The monoisotopic (exact) mass is 656 g/mol. The summed E-state index contributed by atoms with van der Waals surface area (Å²) in [7, 11) is 0. The smallest absolute Gasteiger partial charge is 0.420 e. The van der Waals surface area contributed by atoms with Crippen LogP contribution in [0.2, 0.25) is 5.02 Å². The van der Waals surface area contributed by atoms with E-state index in [0.717, 1.165) is 11.3 Å². The number of nitrogens with zero attached hydrogens (tertiary/aromatic N) is 3. The lowest BCUT2D eigenvalue weighted by Crippen LogP contribution is -2.36. The number of aliphatic hydroxyl groups is 1. The number of anilines is 1. The van der Waals surface area contributed by atoms with Crippen molar-refractivity contribution in [2.45, 2.75) is 53.2 Å². The number of aromatic nitrogens is 2. The first-order chi connectivity index (χ1) is 21.8. The lowest BCUT2D eigenvalue weighted by Gasteiger charge is -2.29. The molecule has 46 heavy (non-hydrogen) atoms. The summed E-state index contributed by atoms with van der Waals surface area (Å²) >= 11 is 6.11. The van der Waals surface area contributed by atoms with Crippen LogP contribution in [0.15, 0.2) is 42.1 Å². The van der Waals surface area contributed by atoms with Crippen molar-refractivity contribution in [3.8, 4) is 0 Å². The van der Waals surface area contributed by atoms with Gasteiger partial charge in [-0.25, -0.2) is 23.9 Å². The zero-order valence-electron chi connectivity index (χ0n) is 27.0. The van der Waals surface area contributed by atoms with Crippen LogP contribution in [-0.2, 0) is 28.5 Å². The Labute approximate surface area is 273 Å². The molecule has 1 atom stereocenters. The minimum atomic E-state index is -1.13. The van der Waals surface area contributed by atoms with Crippen LogP contribution in [0, 0.1) is 6.92 Å². The van der Waals surface area contributed by atoms with Crippen LogP contribution in [0.5, 0.6) is 0 Å². The van der Waals surface area contributed by atoms with Gasteiger partial charge in [-0.1, -0.05) is 23.7 Å². The Kier molecular flexibility index (Phi) is 11.3. The molecule has 2 aromatic carbocycles. The number of aryl methyl sites for hydroxylation is 1. The number of ether oxygens (including phenoxy) is 4. The van der Waals surface area contributed by atoms with Gasteiger partial charge in [-0.05, 0) is 76.9 Å². The van der Waals surface area contributed by atoms with Crippen LogP contribution in [-0.4, -0.2) is 84.4 Å². The molecule has 1 aliphatic rings. The largest absolute Gasteiger partial charge is 0.462 e. The number of aliphatic hydroxyl groups excluding tert-OH is 1. The molecular weight excluding hydrogens is 616 g/mol. The van der Waals surface area contributed by atoms with Gasteiger partial charge in [0.25, 0.3) is 0 Å². The van der Waals surface area contributed by atoms with Gasteiger partial charge in [-0.15, -0.1) is 0 Å². The van der Waals surface area contributed by atoms with Gasteiger partial charge >= 0.3 is 18.0 Å². The lowest BCUT2D eigenvalue weighted by atomic mass is 10.1. The topological polar surface area (TPSA) is 141 Å². The molecule has 1 saturated heterocycles. The summed E-state index contributed by atoms with van der Waals surface area (Å²) in [5.74, 6) is -2.02. The number of carbonyl (C=O) groups is 3. The van der Waals surface area contributed by atoms with Gasteiger partial charge in [-0.2, -0.15) is 0 Å². The predicted octanol–water partition coefficient (Wildman–Crippen LogP) is 4.78. The Morgan fingerprint density at radius 2 is 1.74 bits per heavy atom. The number of fused-ring (bicyclic) bond motifs is 1. The fraction of sp³-hybridized carbons (Fsp3) is 0.455. The molecule has 1 unspecified atom stereocenters. The highest BCUT2D eigenvalue weighted by Crippen LogP contribution is 2.32. The highest BCUT2D eigenvalue weighted by molar-refractivity contribution is 6.30. The third-order valence-electron chi connectivity index (χ3n) is 7.03. The van der Waals surface area contributed by atoms with Gasteiger partial charge < -0.3 is 34.3 Å².